The lowest BCUT2D eigenvalue weighted by atomic mass is 10.2. The normalized spacial score (nSPS) is 11.0. The smallest absolute Gasteiger partial charge is 0.271 e. The van der Waals surface area contributed by atoms with Crippen molar-refractivity contribution in [3.8, 4) is 5.75 Å². The molecule has 0 radical (unpaired) electrons. The minimum atomic E-state index is -0.409. The Hall–Kier alpha value is -0.390. The highest BCUT2D eigenvalue weighted by Gasteiger charge is 2.11. The molecule has 0 unspecified atom stereocenters. The topological polar surface area (TPSA) is 74.8 Å². The summed E-state index contributed by atoms with van der Waals surface area (Å²) in [7, 11) is 0. The lowest BCUT2D eigenvalue weighted by molar-refractivity contribution is 0.0955. The highest BCUT2D eigenvalue weighted by molar-refractivity contribution is 14.1. The molecule has 21 heavy (non-hydrogen) atoms. The van der Waals surface area contributed by atoms with Gasteiger partial charge >= 0.3 is 0 Å². The highest BCUT2D eigenvalue weighted by Crippen LogP contribution is 2.33. The van der Waals surface area contributed by atoms with E-state index in [1.807, 2.05) is 22.6 Å². The van der Waals surface area contributed by atoms with Gasteiger partial charge in [0.25, 0.3) is 5.91 Å². The van der Waals surface area contributed by atoms with Crippen LogP contribution >= 0.6 is 70.4 Å². The van der Waals surface area contributed by atoms with Gasteiger partial charge in [0.2, 0.25) is 0 Å². The minimum absolute atomic E-state index is 0.0325. The zero-order chi connectivity index (χ0) is 15.6. The van der Waals surface area contributed by atoms with E-state index in [1.54, 1.807) is 6.07 Å². The zero-order valence-electron chi connectivity index (χ0n) is 10.0. The SMILES string of the molecule is O=C(N/N=C\c1cc(Br)c(I)o1)c1cc(Br)c(O)c(Br)c1. The molecule has 110 valence electrons. The largest absolute Gasteiger partial charge is 0.506 e. The fourth-order valence-electron chi connectivity index (χ4n) is 1.34. The number of furan rings is 1. The monoisotopic (exact) mass is 590 g/mol. The number of aromatic hydroxyl groups is 1. The van der Waals surface area contributed by atoms with Gasteiger partial charge in [-0.1, -0.05) is 0 Å². The molecule has 0 aliphatic carbocycles. The Labute approximate surface area is 158 Å². The van der Waals surface area contributed by atoms with E-state index in [9.17, 15) is 9.90 Å². The molecule has 5 nitrogen and oxygen atoms in total. The Bertz CT molecular complexity index is 688. The van der Waals surface area contributed by atoms with Gasteiger partial charge in [0.15, 0.2) is 3.77 Å². The van der Waals surface area contributed by atoms with Crippen LogP contribution < -0.4 is 5.43 Å². The summed E-state index contributed by atoms with van der Waals surface area (Å²) < 4.78 is 7.69. The second-order valence-corrected chi connectivity index (χ2v) is 7.30. The number of amides is 1. The van der Waals surface area contributed by atoms with E-state index < -0.39 is 5.91 Å². The van der Waals surface area contributed by atoms with E-state index in [-0.39, 0.29) is 5.75 Å². The number of carbonyl (C=O) groups is 1. The third-order valence-corrected chi connectivity index (χ3v) is 5.64. The average molecular weight is 593 g/mol. The number of phenolic OH excluding ortho intramolecular Hbond substituents is 1. The number of phenols is 1. The van der Waals surface area contributed by atoms with Crippen molar-refractivity contribution in [3.63, 3.8) is 0 Å². The molecular formula is C12H6Br3IN2O3. The first-order chi connectivity index (χ1) is 9.88. The number of rotatable bonds is 3. The first-order valence-corrected chi connectivity index (χ1v) is 8.80. The Balaban J connectivity index is 2.08. The molecule has 0 aliphatic heterocycles. The number of hydrogen-bond donors (Lipinski definition) is 2. The first kappa shape index (κ1) is 17.0. The van der Waals surface area contributed by atoms with Crippen LogP contribution in [0.3, 0.4) is 0 Å². The summed E-state index contributed by atoms with van der Waals surface area (Å²) in [5.41, 5.74) is 2.73. The number of nitrogens with one attached hydrogen (secondary N) is 1. The lowest BCUT2D eigenvalue weighted by Crippen LogP contribution is -2.17. The highest BCUT2D eigenvalue weighted by atomic mass is 127. The average Bonchev–Trinajstić information content (AvgIpc) is 2.74. The molecule has 0 atom stereocenters. The fourth-order valence-corrected chi connectivity index (χ4v) is 3.25. The van der Waals surface area contributed by atoms with Crippen molar-refractivity contribution >= 4 is 82.5 Å². The molecule has 0 saturated heterocycles. The lowest BCUT2D eigenvalue weighted by Gasteiger charge is -2.04. The molecule has 2 N–H and O–H groups in total. The van der Waals surface area contributed by atoms with E-state index in [0.29, 0.717) is 24.0 Å². The van der Waals surface area contributed by atoms with Gasteiger partial charge in [-0.05, 0) is 59.9 Å². The molecule has 0 saturated carbocycles. The molecule has 0 spiro atoms. The Kier molecular flexibility index (Phi) is 5.86. The molecular weight excluding hydrogens is 587 g/mol. The van der Waals surface area contributed by atoms with Crippen LogP contribution in [0.25, 0.3) is 0 Å². The third kappa shape index (κ3) is 4.30. The standard InChI is InChI=1S/C12H6Br3IN2O3/c13-7-1-5(2-8(14)10(7)19)12(20)18-17-4-6-3-9(15)11(16)21-6/h1-4,19H,(H,18,20)/b17-4-. The second-order valence-electron chi connectivity index (χ2n) is 3.76. The summed E-state index contributed by atoms with van der Waals surface area (Å²) in [6.45, 7) is 0. The van der Waals surface area contributed by atoms with E-state index in [1.165, 1.54) is 18.3 Å². The van der Waals surface area contributed by atoms with Crippen molar-refractivity contribution in [2.75, 3.05) is 0 Å². The van der Waals surface area contributed by atoms with Crippen LogP contribution in [0.5, 0.6) is 5.75 Å². The molecule has 2 aromatic rings. The van der Waals surface area contributed by atoms with Gasteiger partial charge < -0.3 is 9.52 Å². The van der Waals surface area contributed by atoms with Crippen molar-refractivity contribution in [2.45, 2.75) is 0 Å². The summed E-state index contributed by atoms with van der Waals surface area (Å²) in [6.07, 6.45) is 1.40. The van der Waals surface area contributed by atoms with E-state index in [0.717, 1.165) is 4.47 Å². The maximum Gasteiger partial charge on any atom is 0.271 e. The molecule has 0 aliphatic rings. The molecule has 0 fully saturated rings. The summed E-state index contributed by atoms with van der Waals surface area (Å²) >= 11 is 11.7. The summed E-state index contributed by atoms with van der Waals surface area (Å²) in [6, 6.07) is 4.74. The number of carbonyl (C=O) groups excluding carboxylic acids is 1. The van der Waals surface area contributed by atoms with Crippen molar-refractivity contribution < 1.29 is 14.3 Å². The molecule has 1 heterocycles. The summed E-state index contributed by atoms with van der Waals surface area (Å²) in [4.78, 5) is 11.9. The van der Waals surface area contributed by atoms with E-state index >= 15 is 0 Å². The third-order valence-electron chi connectivity index (χ3n) is 2.30. The quantitative estimate of drug-likeness (QED) is 0.310. The number of benzene rings is 1. The van der Waals surface area contributed by atoms with Crippen molar-refractivity contribution in [1.29, 1.82) is 0 Å². The van der Waals surface area contributed by atoms with Gasteiger partial charge in [-0.3, -0.25) is 4.79 Å². The van der Waals surface area contributed by atoms with Crippen LogP contribution in [0.2, 0.25) is 0 Å². The second kappa shape index (κ2) is 7.25. The van der Waals surface area contributed by atoms with Crippen LogP contribution in [0.4, 0.5) is 0 Å². The van der Waals surface area contributed by atoms with E-state index in [4.69, 9.17) is 4.42 Å². The van der Waals surface area contributed by atoms with Gasteiger partial charge in [-0.25, -0.2) is 5.43 Å². The fraction of sp³-hybridized carbons (Fsp3) is 0. The molecule has 1 aromatic heterocycles. The number of halogens is 4. The van der Waals surface area contributed by atoms with Gasteiger partial charge in [-0.2, -0.15) is 5.10 Å². The maximum atomic E-state index is 11.9. The van der Waals surface area contributed by atoms with Gasteiger partial charge in [0.05, 0.1) is 19.6 Å². The van der Waals surface area contributed by atoms with Crippen molar-refractivity contribution in [1.82, 2.24) is 5.43 Å². The van der Waals surface area contributed by atoms with Crippen LogP contribution in [-0.2, 0) is 0 Å². The Morgan fingerprint density at radius 2 is 1.86 bits per heavy atom. The minimum Gasteiger partial charge on any atom is -0.506 e. The van der Waals surface area contributed by atoms with Crippen LogP contribution in [0.1, 0.15) is 16.1 Å². The van der Waals surface area contributed by atoms with Gasteiger partial charge in [-0.15, -0.1) is 0 Å². The number of nitrogens with zero attached hydrogens (tertiary/aromatic N) is 1. The Morgan fingerprint density at radius 3 is 2.38 bits per heavy atom. The summed E-state index contributed by atoms with van der Waals surface area (Å²) in [5, 5.41) is 13.4. The zero-order valence-corrected chi connectivity index (χ0v) is 16.9. The van der Waals surface area contributed by atoms with Crippen LogP contribution in [-0.4, -0.2) is 17.2 Å². The molecule has 1 aromatic carbocycles. The Morgan fingerprint density at radius 1 is 1.24 bits per heavy atom. The molecule has 2 rings (SSSR count). The molecule has 1 amide bonds. The van der Waals surface area contributed by atoms with E-state index in [2.05, 4.69) is 58.3 Å². The van der Waals surface area contributed by atoms with Crippen molar-refractivity contribution in [2.24, 2.45) is 5.10 Å². The van der Waals surface area contributed by atoms with Gasteiger partial charge in [0.1, 0.15) is 11.5 Å². The maximum absolute atomic E-state index is 11.9. The first-order valence-electron chi connectivity index (χ1n) is 5.34. The van der Waals surface area contributed by atoms with Crippen LogP contribution in [0, 0.1) is 3.77 Å². The summed E-state index contributed by atoms with van der Waals surface area (Å²) in [5.74, 6) is 0.137. The van der Waals surface area contributed by atoms with Gasteiger partial charge in [0, 0.05) is 34.2 Å². The van der Waals surface area contributed by atoms with Crippen molar-refractivity contribution in [3.05, 3.63) is 46.7 Å². The predicted molar refractivity (Wildman–Crippen MR) is 97.7 cm³/mol. The number of hydrogen-bond acceptors (Lipinski definition) is 4. The van der Waals surface area contributed by atoms with Crippen LogP contribution in [0.15, 0.2) is 41.1 Å². The number of hydrazone groups is 1. The predicted octanol–water partition coefficient (Wildman–Crippen LogP) is 4.64. The molecule has 9 heteroatoms. The molecule has 0 bridgehead atoms.